The van der Waals surface area contributed by atoms with Gasteiger partial charge in [0.2, 0.25) is 0 Å². The summed E-state index contributed by atoms with van der Waals surface area (Å²) in [6, 6.07) is 0. The van der Waals surface area contributed by atoms with Crippen molar-refractivity contribution in [2.45, 2.75) is 175 Å². The summed E-state index contributed by atoms with van der Waals surface area (Å²) in [5, 5.41) is 8.91. The summed E-state index contributed by atoms with van der Waals surface area (Å²) in [6.45, 7) is 6.92. The minimum atomic E-state index is -0.646. The molecule has 1 aliphatic rings. The number of hydrogen-bond acceptors (Lipinski definition) is 1. The van der Waals surface area contributed by atoms with E-state index in [4.69, 9.17) is 5.11 Å². The van der Waals surface area contributed by atoms with Crippen molar-refractivity contribution in [2.75, 3.05) is 0 Å². The molecule has 0 aromatic rings. The molecule has 4 unspecified atom stereocenters. The summed E-state index contributed by atoms with van der Waals surface area (Å²) in [4.78, 5) is 10.8. The highest BCUT2D eigenvalue weighted by Crippen LogP contribution is 2.44. The molecule has 4 atom stereocenters. The molecule has 0 saturated carbocycles. The van der Waals surface area contributed by atoms with E-state index in [0.717, 1.165) is 36.5 Å². The first-order valence-corrected chi connectivity index (χ1v) is 17.2. The van der Waals surface area contributed by atoms with Crippen LogP contribution in [-0.4, -0.2) is 11.1 Å². The Balaban J connectivity index is 2.79. The van der Waals surface area contributed by atoms with Crippen LogP contribution in [0.15, 0.2) is 24.3 Å². The van der Waals surface area contributed by atoms with Gasteiger partial charge in [0.15, 0.2) is 0 Å². The molecular weight excluding hydrogens is 464 g/mol. The van der Waals surface area contributed by atoms with E-state index in [1.165, 1.54) is 135 Å². The van der Waals surface area contributed by atoms with Gasteiger partial charge in [-0.05, 0) is 68.6 Å². The molecule has 1 N–H and O–H groups in total. The Bertz CT molecular complexity index is 592. The molecule has 2 heteroatoms. The van der Waals surface area contributed by atoms with Gasteiger partial charge in [-0.15, -0.1) is 0 Å². The predicted octanol–water partition coefficient (Wildman–Crippen LogP) is 12.1. The molecule has 0 spiro atoms. The lowest BCUT2D eigenvalue weighted by atomic mass is 9.65. The first kappa shape index (κ1) is 35.0. The molecule has 0 radical (unpaired) electrons. The minimum Gasteiger partial charge on any atom is -0.481 e. The summed E-state index contributed by atoms with van der Waals surface area (Å²) in [7, 11) is 0. The number of carboxylic acid groups (broad SMARTS) is 1. The normalized spacial score (nSPS) is 21.4. The van der Waals surface area contributed by atoms with E-state index in [2.05, 4.69) is 45.1 Å². The number of allylic oxidation sites excluding steroid dienone is 4. The molecule has 0 fully saturated rings. The maximum absolute atomic E-state index is 10.8. The van der Waals surface area contributed by atoms with Gasteiger partial charge in [-0.1, -0.05) is 148 Å². The Kier molecular flexibility index (Phi) is 23.0. The van der Waals surface area contributed by atoms with Crippen molar-refractivity contribution in [1.82, 2.24) is 0 Å². The Morgan fingerprint density at radius 2 is 1.05 bits per heavy atom. The zero-order chi connectivity index (χ0) is 27.7. The Morgan fingerprint density at radius 3 is 1.66 bits per heavy atom. The third-order valence-corrected chi connectivity index (χ3v) is 9.01. The molecule has 222 valence electrons. The lowest BCUT2D eigenvalue weighted by Crippen LogP contribution is -2.31. The van der Waals surface area contributed by atoms with Gasteiger partial charge in [-0.2, -0.15) is 0 Å². The number of aliphatic carboxylic acids is 1. The lowest BCUT2D eigenvalue weighted by molar-refractivity contribution is -0.137. The number of carboxylic acids is 1. The van der Waals surface area contributed by atoms with Gasteiger partial charge in [0.05, 0.1) is 0 Å². The maximum atomic E-state index is 10.8. The predicted molar refractivity (Wildman–Crippen MR) is 168 cm³/mol. The molecule has 1 rings (SSSR count). The minimum absolute atomic E-state index is 0.333. The van der Waals surface area contributed by atoms with E-state index in [1.807, 2.05) is 0 Å². The molecule has 0 amide bonds. The number of hydrogen-bond donors (Lipinski definition) is 1. The molecule has 38 heavy (non-hydrogen) atoms. The molecule has 0 bridgehead atoms. The van der Waals surface area contributed by atoms with Crippen LogP contribution in [0.2, 0.25) is 0 Å². The van der Waals surface area contributed by atoms with Crippen molar-refractivity contribution in [2.24, 2.45) is 23.7 Å². The smallest absolute Gasteiger partial charge is 0.303 e. The first-order chi connectivity index (χ1) is 18.6. The number of carbonyl (C=O) groups is 1. The van der Waals surface area contributed by atoms with E-state index < -0.39 is 5.97 Å². The van der Waals surface area contributed by atoms with Crippen LogP contribution in [0.5, 0.6) is 0 Å². The van der Waals surface area contributed by atoms with Crippen LogP contribution in [0.4, 0.5) is 0 Å². The van der Waals surface area contributed by atoms with Gasteiger partial charge in [0.25, 0.3) is 0 Å². The van der Waals surface area contributed by atoms with Crippen LogP contribution in [0, 0.1) is 23.7 Å². The van der Waals surface area contributed by atoms with Crippen molar-refractivity contribution in [1.29, 1.82) is 0 Å². The molecule has 0 saturated heterocycles. The summed E-state index contributed by atoms with van der Waals surface area (Å²) in [5.74, 6) is 2.51. The van der Waals surface area contributed by atoms with Crippen LogP contribution < -0.4 is 0 Å². The summed E-state index contributed by atoms with van der Waals surface area (Å²) in [6.07, 6.45) is 40.8. The average molecular weight is 531 g/mol. The zero-order valence-corrected chi connectivity index (χ0v) is 25.9. The summed E-state index contributed by atoms with van der Waals surface area (Å²) >= 11 is 0. The Morgan fingerprint density at radius 1 is 0.579 bits per heavy atom. The van der Waals surface area contributed by atoms with Gasteiger partial charge in [-0.25, -0.2) is 0 Å². The quantitative estimate of drug-likeness (QED) is 0.0891. The highest BCUT2D eigenvalue weighted by atomic mass is 16.4. The standard InChI is InChI=1S/C36H66O2/c1-4-7-10-13-16-21-26-33-31-30-32(25-20-12-9-6-3)34(27-22-17-14-11-8-5-2)35(33)28-23-18-15-19-24-29-36(37)38/h17,22,30-35H,4-16,18-21,23-29H2,1-3H3,(H,37,38)/b22-17+. The summed E-state index contributed by atoms with van der Waals surface area (Å²) < 4.78 is 0. The third kappa shape index (κ3) is 17.5. The van der Waals surface area contributed by atoms with E-state index >= 15 is 0 Å². The van der Waals surface area contributed by atoms with E-state index in [0.29, 0.717) is 6.42 Å². The number of rotatable bonds is 26. The van der Waals surface area contributed by atoms with E-state index in [1.54, 1.807) is 0 Å². The Hall–Kier alpha value is -1.05. The van der Waals surface area contributed by atoms with Gasteiger partial charge in [-0.3, -0.25) is 4.79 Å². The third-order valence-electron chi connectivity index (χ3n) is 9.01. The number of unbranched alkanes of at least 4 members (excludes halogenated alkanes) is 15. The van der Waals surface area contributed by atoms with Crippen LogP contribution >= 0.6 is 0 Å². The topological polar surface area (TPSA) is 37.3 Å². The van der Waals surface area contributed by atoms with Crippen LogP contribution in [0.1, 0.15) is 175 Å². The molecule has 0 aliphatic heterocycles. The van der Waals surface area contributed by atoms with Crippen molar-refractivity contribution in [3.63, 3.8) is 0 Å². The molecule has 0 heterocycles. The van der Waals surface area contributed by atoms with E-state index in [-0.39, 0.29) is 0 Å². The van der Waals surface area contributed by atoms with Crippen molar-refractivity contribution in [3.05, 3.63) is 24.3 Å². The van der Waals surface area contributed by atoms with Crippen molar-refractivity contribution in [3.8, 4) is 0 Å². The highest BCUT2D eigenvalue weighted by molar-refractivity contribution is 5.66. The van der Waals surface area contributed by atoms with Crippen LogP contribution in [-0.2, 0) is 4.79 Å². The molecule has 2 nitrogen and oxygen atoms in total. The second-order valence-electron chi connectivity index (χ2n) is 12.3. The molecular formula is C36H66O2. The first-order valence-electron chi connectivity index (χ1n) is 17.2. The second kappa shape index (κ2) is 25.0. The van der Waals surface area contributed by atoms with Crippen LogP contribution in [0.3, 0.4) is 0 Å². The monoisotopic (exact) mass is 531 g/mol. The fraction of sp³-hybridized carbons (Fsp3) is 0.861. The highest BCUT2D eigenvalue weighted by Gasteiger charge is 2.34. The lowest BCUT2D eigenvalue weighted by Gasteiger charge is -2.40. The molecule has 0 aromatic heterocycles. The van der Waals surface area contributed by atoms with Crippen molar-refractivity contribution >= 4 is 5.97 Å². The van der Waals surface area contributed by atoms with Gasteiger partial charge >= 0.3 is 5.97 Å². The fourth-order valence-electron chi connectivity index (χ4n) is 6.64. The second-order valence-corrected chi connectivity index (χ2v) is 12.3. The largest absolute Gasteiger partial charge is 0.481 e. The molecule has 1 aliphatic carbocycles. The van der Waals surface area contributed by atoms with E-state index in [9.17, 15) is 4.79 Å². The van der Waals surface area contributed by atoms with Gasteiger partial charge < -0.3 is 5.11 Å². The molecule has 0 aromatic carbocycles. The SMILES string of the molecule is CCCCC/C=C/CC1C(CCCCCC)C=CC(CCCCCCCC)C1CCCCCCCC(=O)O. The average Bonchev–Trinajstić information content (AvgIpc) is 2.91. The maximum Gasteiger partial charge on any atom is 0.303 e. The van der Waals surface area contributed by atoms with Crippen LogP contribution in [0.25, 0.3) is 0 Å². The van der Waals surface area contributed by atoms with Crippen molar-refractivity contribution < 1.29 is 9.90 Å². The van der Waals surface area contributed by atoms with Gasteiger partial charge in [0.1, 0.15) is 0 Å². The summed E-state index contributed by atoms with van der Waals surface area (Å²) in [5.41, 5.74) is 0. The fourth-order valence-corrected chi connectivity index (χ4v) is 6.64. The Labute approximate surface area is 238 Å². The zero-order valence-electron chi connectivity index (χ0n) is 25.9. The van der Waals surface area contributed by atoms with Gasteiger partial charge in [0, 0.05) is 6.42 Å².